The molecule has 1 aliphatic rings. The Bertz CT molecular complexity index is 606. The van der Waals surface area contributed by atoms with Crippen LogP contribution in [0.1, 0.15) is 11.1 Å². The molecule has 0 saturated carbocycles. The van der Waals surface area contributed by atoms with Crippen molar-refractivity contribution in [1.82, 2.24) is 9.88 Å². The van der Waals surface area contributed by atoms with Gasteiger partial charge in [-0.15, -0.1) is 0 Å². The van der Waals surface area contributed by atoms with Gasteiger partial charge in [0.05, 0.1) is 0 Å². The van der Waals surface area contributed by atoms with Gasteiger partial charge in [-0.05, 0) is 18.6 Å². The second kappa shape index (κ2) is 6.22. The average Bonchev–Trinajstić information content (AvgIpc) is 2.48. The van der Waals surface area contributed by atoms with Gasteiger partial charge < -0.3 is 4.90 Å². The number of anilines is 1. The first-order valence-electron chi connectivity index (χ1n) is 7.35. The second-order valence-electron chi connectivity index (χ2n) is 5.59. The summed E-state index contributed by atoms with van der Waals surface area (Å²) in [4.78, 5) is 8.28. The van der Waals surface area contributed by atoms with E-state index in [1.165, 1.54) is 23.4 Å². The maximum absolute atomic E-state index is 13.2. The molecule has 0 atom stereocenters. The number of nitrogens with zero attached hydrogens (tertiary/aromatic N) is 3. The molecule has 0 aliphatic carbocycles. The third kappa shape index (κ3) is 3.58. The lowest BCUT2D eigenvalue weighted by Crippen LogP contribution is -2.46. The Morgan fingerprint density at radius 2 is 1.90 bits per heavy atom. The minimum Gasteiger partial charge on any atom is -0.369 e. The Morgan fingerprint density at radius 1 is 1.10 bits per heavy atom. The lowest BCUT2D eigenvalue weighted by molar-refractivity contribution is 0.250. The molecule has 0 unspecified atom stereocenters. The maximum atomic E-state index is 13.2. The van der Waals surface area contributed by atoms with E-state index in [4.69, 9.17) is 0 Å². The average molecular weight is 285 g/mol. The summed E-state index contributed by atoms with van der Waals surface area (Å²) < 4.78 is 13.2. The molecule has 0 N–H and O–H groups in total. The van der Waals surface area contributed by atoms with Gasteiger partial charge in [0.2, 0.25) is 5.95 Å². The van der Waals surface area contributed by atoms with E-state index in [0.717, 1.165) is 38.4 Å². The molecule has 3 nitrogen and oxygen atoms in total. The monoisotopic (exact) mass is 285 g/mol. The van der Waals surface area contributed by atoms with Crippen molar-refractivity contribution in [3.8, 4) is 0 Å². The number of hydrogen-bond donors (Lipinski definition) is 0. The van der Waals surface area contributed by atoms with Crippen molar-refractivity contribution in [3.05, 3.63) is 59.7 Å². The molecule has 1 aliphatic heterocycles. The Labute approximate surface area is 125 Å². The zero-order valence-electron chi connectivity index (χ0n) is 12.3. The van der Waals surface area contributed by atoms with Crippen LogP contribution >= 0.6 is 0 Å². The second-order valence-corrected chi connectivity index (χ2v) is 5.59. The number of piperazine rings is 1. The Hall–Kier alpha value is -1.94. The number of hydrogen-bond acceptors (Lipinski definition) is 3. The van der Waals surface area contributed by atoms with Gasteiger partial charge in [-0.1, -0.05) is 29.8 Å². The molecule has 2 aromatic rings. The van der Waals surface area contributed by atoms with Crippen LogP contribution in [-0.4, -0.2) is 36.1 Å². The van der Waals surface area contributed by atoms with Crippen LogP contribution in [0.5, 0.6) is 0 Å². The molecule has 110 valence electrons. The van der Waals surface area contributed by atoms with E-state index in [9.17, 15) is 4.39 Å². The van der Waals surface area contributed by atoms with E-state index in [2.05, 4.69) is 46.0 Å². The predicted octanol–water partition coefficient (Wildman–Crippen LogP) is 2.85. The van der Waals surface area contributed by atoms with Crippen LogP contribution in [0.25, 0.3) is 0 Å². The van der Waals surface area contributed by atoms with E-state index in [1.807, 2.05) is 6.07 Å². The van der Waals surface area contributed by atoms with Gasteiger partial charge >= 0.3 is 0 Å². The fourth-order valence-corrected chi connectivity index (χ4v) is 2.82. The summed E-state index contributed by atoms with van der Waals surface area (Å²) >= 11 is 0. The lowest BCUT2D eigenvalue weighted by Gasteiger charge is -2.36. The van der Waals surface area contributed by atoms with Crippen LogP contribution in [0.3, 0.4) is 0 Å². The van der Waals surface area contributed by atoms with E-state index in [0.29, 0.717) is 0 Å². The molecule has 0 radical (unpaired) electrons. The summed E-state index contributed by atoms with van der Waals surface area (Å²) in [5.74, 6) is -0.408. The van der Waals surface area contributed by atoms with Gasteiger partial charge in [-0.25, -0.2) is 4.98 Å². The van der Waals surface area contributed by atoms with Crippen LogP contribution in [0.15, 0.2) is 42.6 Å². The summed E-state index contributed by atoms with van der Waals surface area (Å²) in [7, 11) is 0. The number of pyridine rings is 1. The summed E-state index contributed by atoms with van der Waals surface area (Å²) in [6, 6.07) is 12.0. The zero-order chi connectivity index (χ0) is 14.7. The van der Waals surface area contributed by atoms with Crippen molar-refractivity contribution in [2.45, 2.75) is 13.5 Å². The fourth-order valence-electron chi connectivity index (χ4n) is 2.82. The van der Waals surface area contributed by atoms with Gasteiger partial charge in [-0.2, -0.15) is 4.39 Å². The molecule has 2 heterocycles. The summed E-state index contributed by atoms with van der Waals surface area (Å²) in [5, 5.41) is 0. The highest BCUT2D eigenvalue weighted by atomic mass is 19.1. The van der Waals surface area contributed by atoms with Crippen LogP contribution in [0.4, 0.5) is 10.1 Å². The topological polar surface area (TPSA) is 19.4 Å². The van der Waals surface area contributed by atoms with Crippen LogP contribution in [0.2, 0.25) is 0 Å². The minimum atomic E-state index is -0.408. The lowest BCUT2D eigenvalue weighted by atomic mass is 10.1. The molecule has 3 rings (SSSR count). The molecule has 0 spiro atoms. The standard InChI is InChI=1S/C17H20FN3/c1-14-3-2-4-15(11-14)13-20-7-9-21(10-8-20)16-5-6-19-17(18)12-16/h2-6,11-12H,7-10,13H2,1H3. The van der Waals surface area contributed by atoms with Crippen LogP contribution < -0.4 is 4.90 Å². The third-order valence-corrected chi connectivity index (χ3v) is 3.94. The van der Waals surface area contributed by atoms with Crippen molar-refractivity contribution in [1.29, 1.82) is 0 Å². The molecule has 21 heavy (non-hydrogen) atoms. The molecule has 1 aromatic heterocycles. The Morgan fingerprint density at radius 3 is 2.62 bits per heavy atom. The molecular weight excluding hydrogens is 265 g/mol. The highest BCUT2D eigenvalue weighted by Crippen LogP contribution is 2.17. The van der Waals surface area contributed by atoms with E-state index in [-0.39, 0.29) is 0 Å². The third-order valence-electron chi connectivity index (χ3n) is 3.94. The van der Waals surface area contributed by atoms with Crippen molar-refractivity contribution in [2.24, 2.45) is 0 Å². The SMILES string of the molecule is Cc1cccc(CN2CCN(c3ccnc(F)c3)CC2)c1. The van der Waals surface area contributed by atoms with Crippen LogP contribution in [-0.2, 0) is 6.54 Å². The van der Waals surface area contributed by atoms with Gasteiger partial charge in [0.1, 0.15) is 0 Å². The quantitative estimate of drug-likeness (QED) is 0.808. The highest BCUT2D eigenvalue weighted by molar-refractivity contribution is 5.45. The molecule has 0 amide bonds. The van der Waals surface area contributed by atoms with E-state index < -0.39 is 5.95 Å². The van der Waals surface area contributed by atoms with E-state index in [1.54, 1.807) is 0 Å². The molecule has 0 bridgehead atoms. The molecule has 1 aromatic carbocycles. The predicted molar refractivity (Wildman–Crippen MR) is 82.9 cm³/mol. The Kier molecular flexibility index (Phi) is 4.15. The smallest absolute Gasteiger partial charge is 0.214 e. The summed E-state index contributed by atoms with van der Waals surface area (Å²) in [6.07, 6.45) is 1.53. The molecule has 1 fully saturated rings. The summed E-state index contributed by atoms with van der Waals surface area (Å²) in [6.45, 7) is 6.96. The largest absolute Gasteiger partial charge is 0.369 e. The molecule has 1 saturated heterocycles. The fraction of sp³-hybridized carbons (Fsp3) is 0.353. The van der Waals surface area contributed by atoms with Gasteiger partial charge in [-0.3, -0.25) is 4.90 Å². The highest BCUT2D eigenvalue weighted by Gasteiger charge is 2.17. The maximum Gasteiger partial charge on any atom is 0.214 e. The normalized spacial score (nSPS) is 16.2. The van der Waals surface area contributed by atoms with Crippen LogP contribution in [0, 0.1) is 12.9 Å². The minimum absolute atomic E-state index is 0.408. The van der Waals surface area contributed by atoms with Gasteiger partial charge in [0.15, 0.2) is 0 Å². The van der Waals surface area contributed by atoms with Gasteiger partial charge in [0.25, 0.3) is 0 Å². The molecular formula is C17H20FN3. The van der Waals surface area contributed by atoms with Crippen molar-refractivity contribution in [2.75, 3.05) is 31.1 Å². The first-order chi connectivity index (χ1) is 10.2. The molecule has 4 heteroatoms. The van der Waals surface area contributed by atoms with Crippen molar-refractivity contribution < 1.29 is 4.39 Å². The Balaban J connectivity index is 1.58. The van der Waals surface area contributed by atoms with Crippen molar-refractivity contribution >= 4 is 5.69 Å². The van der Waals surface area contributed by atoms with Gasteiger partial charge in [0, 0.05) is 50.7 Å². The summed E-state index contributed by atoms with van der Waals surface area (Å²) in [5.41, 5.74) is 3.59. The number of rotatable bonds is 3. The zero-order valence-corrected chi connectivity index (χ0v) is 12.3. The first-order valence-corrected chi connectivity index (χ1v) is 7.35. The number of benzene rings is 1. The number of aromatic nitrogens is 1. The number of aryl methyl sites for hydroxylation is 1. The number of halogens is 1. The van der Waals surface area contributed by atoms with Crippen molar-refractivity contribution in [3.63, 3.8) is 0 Å². The van der Waals surface area contributed by atoms with E-state index >= 15 is 0 Å². The first kappa shape index (κ1) is 14.0.